The van der Waals surface area contributed by atoms with Crippen molar-refractivity contribution in [3.8, 4) is 22.9 Å². The van der Waals surface area contributed by atoms with E-state index in [1.165, 1.54) is 35.1 Å². The van der Waals surface area contributed by atoms with Gasteiger partial charge in [-0.3, -0.25) is 14.2 Å². The number of methoxy groups -OCH3 is 2. The van der Waals surface area contributed by atoms with Gasteiger partial charge < -0.3 is 19.7 Å². The molecule has 9 nitrogen and oxygen atoms in total. The van der Waals surface area contributed by atoms with Gasteiger partial charge in [0.25, 0.3) is 5.56 Å². The lowest BCUT2D eigenvalue weighted by molar-refractivity contribution is -0.122. The van der Waals surface area contributed by atoms with E-state index >= 15 is 4.39 Å². The van der Waals surface area contributed by atoms with Crippen molar-refractivity contribution in [1.82, 2.24) is 19.9 Å². The summed E-state index contributed by atoms with van der Waals surface area (Å²) in [7, 11) is 3.07. The molecular weight excluding hydrogens is 605 g/mol. The number of carbonyl (C=O) groups is 1. The Morgan fingerprint density at radius 1 is 1.09 bits per heavy atom. The maximum Gasteiger partial charge on any atom is 0.281 e. The Morgan fingerprint density at radius 3 is 2.68 bits per heavy atom. The Labute approximate surface area is 261 Å². The second-order valence-electron chi connectivity index (χ2n) is 10.3. The lowest BCUT2D eigenvalue weighted by Crippen LogP contribution is -2.43. The lowest BCUT2D eigenvalue weighted by atomic mass is 10.1. The fourth-order valence-electron chi connectivity index (χ4n) is 5.37. The fraction of sp³-hybridized carbons (Fsp3) is 0.250. The molecule has 1 amide bonds. The van der Waals surface area contributed by atoms with Crippen LogP contribution in [0.4, 0.5) is 9.52 Å². The molecule has 0 aliphatic carbocycles. The number of nitrogens with one attached hydrogen (secondary N) is 1. The minimum Gasteiger partial charge on any atom is -0.497 e. The standard InChI is InChI=1S/C32H29ClFN5O4S/c1-42-21-14-13-20(25(16-21)43-2)18-39-28(22-10-6-11-23(33)26(22)34)37-30-27(31(39)41)36-32(44-30)38-15-7-12-24(38)29(40)35-17-19-8-4-3-5-9-19/h3-6,8-11,13-14,16,24H,7,12,15,17-18H2,1-2H3,(H,35,40). The smallest absolute Gasteiger partial charge is 0.281 e. The number of carbonyl (C=O) groups excluding carboxylic acids is 1. The monoisotopic (exact) mass is 633 g/mol. The number of hydrogen-bond acceptors (Lipinski definition) is 8. The summed E-state index contributed by atoms with van der Waals surface area (Å²) in [6, 6.07) is 19.1. The molecule has 2 aromatic heterocycles. The minimum absolute atomic E-state index is 0.0251. The molecule has 1 aliphatic heterocycles. The number of thiazole rings is 1. The molecule has 1 atom stereocenters. The lowest BCUT2D eigenvalue weighted by Gasteiger charge is -2.23. The van der Waals surface area contributed by atoms with Crippen molar-refractivity contribution in [2.24, 2.45) is 0 Å². The highest BCUT2D eigenvalue weighted by Gasteiger charge is 2.33. The van der Waals surface area contributed by atoms with E-state index in [0.29, 0.717) is 46.5 Å². The number of benzene rings is 3. The van der Waals surface area contributed by atoms with E-state index in [0.717, 1.165) is 12.0 Å². The maximum absolute atomic E-state index is 15.4. The van der Waals surface area contributed by atoms with E-state index in [9.17, 15) is 9.59 Å². The topological polar surface area (TPSA) is 98.6 Å². The highest BCUT2D eigenvalue weighted by Crippen LogP contribution is 2.34. The molecule has 1 aliphatic rings. The molecule has 0 radical (unpaired) electrons. The van der Waals surface area contributed by atoms with Gasteiger partial charge in [-0.05, 0) is 42.7 Å². The summed E-state index contributed by atoms with van der Waals surface area (Å²) in [5, 5.41) is 3.45. The third-order valence-electron chi connectivity index (χ3n) is 7.63. The molecule has 1 N–H and O–H groups in total. The number of amides is 1. The van der Waals surface area contributed by atoms with Gasteiger partial charge in [-0.1, -0.05) is 59.3 Å². The van der Waals surface area contributed by atoms with Crippen molar-refractivity contribution in [3.63, 3.8) is 0 Å². The van der Waals surface area contributed by atoms with Crippen LogP contribution in [0.2, 0.25) is 5.02 Å². The number of fused-ring (bicyclic) bond motifs is 1. The zero-order chi connectivity index (χ0) is 30.8. The van der Waals surface area contributed by atoms with Gasteiger partial charge in [-0.25, -0.2) is 14.4 Å². The highest BCUT2D eigenvalue weighted by molar-refractivity contribution is 7.21. The Hall–Kier alpha value is -4.48. The minimum atomic E-state index is -0.685. The number of hydrogen-bond donors (Lipinski definition) is 1. The van der Waals surface area contributed by atoms with Gasteiger partial charge in [0.2, 0.25) is 5.91 Å². The Balaban J connectivity index is 1.40. The Bertz CT molecular complexity index is 1900. The molecule has 5 aromatic rings. The summed E-state index contributed by atoms with van der Waals surface area (Å²) in [5.41, 5.74) is 1.43. The van der Waals surface area contributed by atoms with Crippen LogP contribution in [0.15, 0.2) is 71.5 Å². The van der Waals surface area contributed by atoms with Crippen LogP contribution in [-0.4, -0.2) is 47.2 Å². The largest absolute Gasteiger partial charge is 0.497 e. The molecule has 12 heteroatoms. The summed E-state index contributed by atoms with van der Waals surface area (Å²) in [4.78, 5) is 39.0. The second kappa shape index (κ2) is 12.6. The van der Waals surface area contributed by atoms with Crippen molar-refractivity contribution in [2.45, 2.75) is 32.0 Å². The number of rotatable bonds is 9. The molecule has 3 heterocycles. The first-order valence-electron chi connectivity index (χ1n) is 14.0. The fourth-order valence-corrected chi connectivity index (χ4v) is 6.55. The average Bonchev–Trinajstić information content (AvgIpc) is 3.71. The van der Waals surface area contributed by atoms with Crippen LogP contribution in [-0.2, 0) is 17.9 Å². The summed E-state index contributed by atoms with van der Waals surface area (Å²) >= 11 is 7.34. The Kier molecular flexibility index (Phi) is 8.49. The average molecular weight is 634 g/mol. The van der Waals surface area contributed by atoms with Gasteiger partial charge in [0.1, 0.15) is 23.4 Å². The molecule has 0 bridgehead atoms. The van der Waals surface area contributed by atoms with Crippen LogP contribution in [0.5, 0.6) is 11.5 Å². The van der Waals surface area contributed by atoms with Crippen molar-refractivity contribution in [1.29, 1.82) is 0 Å². The molecule has 1 fully saturated rings. The van der Waals surface area contributed by atoms with Gasteiger partial charge in [0.15, 0.2) is 21.3 Å². The maximum atomic E-state index is 15.4. The second-order valence-corrected chi connectivity index (χ2v) is 11.7. The molecule has 3 aromatic carbocycles. The van der Waals surface area contributed by atoms with Crippen LogP contribution in [0.3, 0.4) is 0 Å². The van der Waals surface area contributed by atoms with Crippen LogP contribution in [0.25, 0.3) is 21.7 Å². The molecule has 1 unspecified atom stereocenters. The van der Waals surface area contributed by atoms with Gasteiger partial charge >= 0.3 is 0 Å². The summed E-state index contributed by atoms with van der Waals surface area (Å²) in [6.07, 6.45) is 1.46. The van der Waals surface area contributed by atoms with E-state index in [2.05, 4.69) is 10.3 Å². The van der Waals surface area contributed by atoms with Crippen LogP contribution in [0, 0.1) is 5.82 Å². The molecule has 0 spiro atoms. The van der Waals surface area contributed by atoms with Crippen molar-refractivity contribution in [2.75, 3.05) is 25.7 Å². The molecule has 226 valence electrons. The summed E-state index contributed by atoms with van der Waals surface area (Å²) in [6.45, 7) is 1.05. The van der Waals surface area contributed by atoms with E-state index in [-0.39, 0.29) is 34.4 Å². The van der Waals surface area contributed by atoms with Gasteiger partial charge in [0, 0.05) is 24.7 Å². The first kappa shape index (κ1) is 29.6. The molecular formula is C32H29ClFN5O4S. The van der Waals surface area contributed by atoms with Crippen molar-refractivity contribution >= 4 is 44.3 Å². The molecule has 6 rings (SSSR count). The zero-order valence-electron chi connectivity index (χ0n) is 24.0. The van der Waals surface area contributed by atoms with E-state index in [1.807, 2.05) is 35.2 Å². The van der Waals surface area contributed by atoms with Gasteiger partial charge in [0.05, 0.1) is 31.4 Å². The van der Waals surface area contributed by atoms with E-state index in [4.69, 9.17) is 26.1 Å². The normalized spacial score (nSPS) is 14.6. The zero-order valence-corrected chi connectivity index (χ0v) is 25.6. The number of aromatic nitrogens is 3. The van der Waals surface area contributed by atoms with E-state index < -0.39 is 17.4 Å². The number of nitrogens with zero attached hydrogens (tertiary/aromatic N) is 4. The number of halogens is 2. The number of anilines is 1. The predicted molar refractivity (Wildman–Crippen MR) is 169 cm³/mol. The quantitative estimate of drug-likeness (QED) is 0.224. The first-order chi connectivity index (χ1) is 21.4. The van der Waals surface area contributed by atoms with Gasteiger partial charge in [-0.2, -0.15) is 0 Å². The molecule has 0 saturated carbocycles. The summed E-state index contributed by atoms with van der Waals surface area (Å²) in [5.74, 6) is 0.396. The SMILES string of the molecule is COc1ccc(Cn2c(-c3cccc(Cl)c3F)nc3sc(N4CCCC4C(=O)NCc4ccccc4)nc3c2=O)c(OC)c1. The predicted octanol–water partition coefficient (Wildman–Crippen LogP) is 5.66. The molecule has 44 heavy (non-hydrogen) atoms. The van der Waals surface area contributed by atoms with Crippen molar-refractivity contribution < 1.29 is 18.7 Å². The third kappa shape index (κ3) is 5.72. The van der Waals surface area contributed by atoms with Crippen molar-refractivity contribution in [3.05, 3.63) is 99.1 Å². The number of ether oxygens (including phenoxy) is 2. The van der Waals surface area contributed by atoms with E-state index in [1.54, 1.807) is 31.4 Å². The molecule has 1 saturated heterocycles. The van der Waals surface area contributed by atoms with Crippen LogP contribution < -0.4 is 25.2 Å². The van der Waals surface area contributed by atoms with Crippen LogP contribution in [0.1, 0.15) is 24.0 Å². The summed E-state index contributed by atoms with van der Waals surface area (Å²) < 4.78 is 27.6. The third-order valence-corrected chi connectivity index (χ3v) is 8.91. The first-order valence-corrected chi connectivity index (χ1v) is 15.2. The Morgan fingerprint density at radius 2 is 1.91 bits per heavy atom. The highest BCUT2D eigenvalue weighted by atomic mass is 35.5. The van der Waals surface area contributed by atoms with Gasteiger partial charge in [-0.15, -0.1) is 0 Å². The van der Waals surface area contributed by atoms with Crippen LogP contribution >= 0.6 is 22.9 Å².